The molecule has 162 valence electrons. The summed E-state index contributed by atoms with van der Waals surface area (Å²) < 4.78 is 63.7. The molecule has 0 aromatic heterocycles. The molecule has 2 aromatic carbocycles. The van der Waals surface area contributed by atoms with Gasteiger partial charge in [-0.1, -0.05) is 11.6 Å². The Morgan fingerprint density at radius 3 is 2.03 bits per heavy atom. The SMILES string of the molecule is CNC(=O)c1ccc(S(=O)(=O)c2ccc(NC(=O)[C@@](C)(O)C(F)(F)F)c(Cl)c2)cc1. The van der Waals surface area contributed by atoms with Crippen LogP contribution in [0, 0.1) is 0 Å². The Morgan fingerprint density at radius 1 is 1.03 bits per heavy atom. The highest BCUT2D eigenvalue weighted by Gasteiger charge is 2.55. The fourth-order valence-corrected chi connectivity index (χ4v) is 3.78. The number of hydrogen-bond donors (Lipinski definition) is 3. The number of rotatable bonds is 5. The highest BCUT2D eigenvalue weighted by atomic mass is 35.5. The van der Waals surface area contributed by atoms with Gasteiger partial charge in [0.1, 0.15) is 0 Å². The molecule has 0 unspecified atom stereocenters. The van der Waals surface area contributed by atoms with Crippen LogP contribution in [0.25, 0.3) is 0 Å². The van der Waals surface area contributed by atoms with Crippen LogP contribution in [-0.4, -0.2) is 44.2 Å². The molecule has 0 fully saturated rings. The van der Waals surface area contributed by atoms with E-state index >= 15 is 0 Å². The molecule has 12 heteroatoms. The zero-order valence-electron chi connectivity index (χ0n) is 15.5. The van der Waals surface area contributed by atoms with Crippen LogP contribution in [0.1, 0.15) is 17.3 Å². The number of aliphatic hydroxyl groups is 1. The van der Waals surface area contributed by atoms with E-state index in [-0.39, 0.29) is 33.0 Å². The summed E-state index contributed by atoms with van der Waals surface area (Å²) in [5, 5.41) is 13.2. The summed E-state index contributed by atoms with van der Waals surface area (Å²) >= 11 is 5.92. The van der Waals surface area contributed by atoms with E-state index in [0.29, 0.717) is 0 Å². The summed E-state index contributed by atoms with van der Waals surface area (Å²) in [5.74, 6) is -2.19. The monoisotopic (exact) mass is 464 g/mol. The number of sulfone groups is 1. The first-order valence-electron chi connectivity index (χ1n) is 8.19. The van der Waals surface area contributed by atoms with Gasteiger partial charge in [0.15, 0.2) is 0 Å². The average molecular weight is 465 g/mol. The highest BCUT2D eigenvalue weighted by Crippen LogP contribution is 2.33. The number of amides is 2. The van der Waals surface area contributed by atoms with E-state index in [0.717, 1.165) is 18.2 Å². The molecule has 0 bridgehead atoms. The third kappa shape index (κ3) is 4.58. The van der Waals surface area contributed by atoms with E-state index in [9.17, 15) is 36.3 Å². The van der Waals surface area contributed by atoms with Crippen molar-refractivity contribution in [1.82, 2.24) is 5.32 Å². The summed E-state index contributed by atoms with van der Waals surface area (Å²) in [6.45, 7) is 0.275. The Morgan fingerprint density at radius 2 is 1.57 bits per heavy atom. The first kappa shape index (κ1) is 23.6. The van der Waals surface area contributed by atoms with Crippen molar-refractivity contribution < 1.29 is 36.3 Å². The third-order valence-corrected chi connectivity index (χ3v) is 6.23. The highest BCUT2D eigenvalue weighted by molar-refractivity contribution is 7.91. The van der Waals surface area contributed by atoms with Crippen molar-refractivity contribution in [2.75, 3.05) is 12.4 Å². The maximum atomic E-state index is 12.7. The first-order valence-corrected chi connectivity index (χ1v) is 10.0. The number of anilines is 1. The standard InChI is InChI=1S/C18H16ClF3N2O5S/c1-17(27,18(20,21)22)16(26)24-14-8-7-12(9-13(14)19)30(28,29)11-5-3-10(4-6-11)15(25)23-2/h3-9,27H,1-2H3,(H,23,25)(H,24,26)/t17-/m1/s1. The molecule has 2 aromatic rings. The van der Waals surface area contributed by atoms with Gasteiger partial charge in [-0.3, -0.25) is 9.59 Å². The molecule has 7 nitrogen and oxygen atoms in total. The van der Waals surface area contributed by atoms with E-state index in [1.165, 1.54) is 31.3 Å². The van der Waals surface area contributed by atoms with Crippen molar-refractivity contribution in [2.45, 2.75) is 28.5 Å². The molecule has 2 amide bonds. The molecule has 3 N–H and O–H groups in total. The molecule has 30 heavy (non-hydrogen) atoms. The number of carbonyl (C=O) groups excluding carboxylic acids is 2. The molecule has 0 saturated carbocycles. The Kier molecular flexibility index (Phi) is 6.50. The quantitative estimate of drug-likeness (QED) is 0.630. The molecule has 0 heterocycles. The second-order valence-electron chi connectivity index (χ2n) is 6.27. The zero-order chi connectivity index (χ0) is 22.9. The zero-order valence-corrected chi connectivity index (χ0v) is 17.1. The van der Waals surface area contributed by atoms with E-state index in [4.69, 9.17) is 11.6 Å². The van der Waals surface area contributed by atoms with Crippen LogP contribution in [0.4, 0.5) is 18.9 Å². The van der Waals surface area contributed by atoms with Crippen molar-refractivity contribution in [2.24, 2.45) is 0 Å². The van der Waals surface area contributed by atoms with Gasteiger partial charge in [0.25, 0.3) is 11.8 Å². The van der Waals surface area contributed by atoms with Crippen molar-refractivity contribution in [3.8, 4) is 0 Å². The lowest BCUT2D eigenvalue weighted by molar-refractivity contribution is -0.242. The van der Waals surface area contributed by atoms with Gasteiger partial charge >= 0.3 is 6.18 Å². The minimum atomic E-state index is -5.23. The van der Waals surface area contributed by atoms with Gasteiger partial charge < -0.3 is 15.7 Å². The third-order valence-electron chi connectivity index (χ3n) is 4.15. The molecule has 0 aliphatic rings. The molecule has 0 saturated heterocycles. The number of carbonyl (C=O) groups is 2. The minimum absolute atomic E-state index is 0.150. The fraction of sp³-hybridized carbons (Fsp3) is 0.222. The van der Waals surface area contributed by atoms with Crippen LogP contribution in [0.5, 0.6) is 0 Å². The summed E-state index contributed by atoms with van der Waals surface area (Å²) in [6, 6.07) is 8.02. The number of nitrogens with one attached hydrogen (secondary N) is 2. The molecule has 1 atom stereocenters. The van der Waals surface area contributed by atoms with E-state index < -0.39 is 33.4 Å². The molecule has 2 rings (SSSR count). The lowest BCUT2D eigenvalue weighted by Gasteiger charge is -2.25. The number of hydrogen-bond acceptors (Lipinski definition) is 5. The van der Waals surface area contributed by atoms with Gasteiger partial charge in [0.05, 0.1) is 20.5 Å². The second kappa shape index (κ2) is 8.25. The lowest BCUT2D eigenvalue weighted by Crippen LogP contribution is -2.52. The van der Waals surface area contributed by atoms with Crippen LogP contribution in [0.15, 0.2) is 52.3 Å². The Balaban J connectivity index is 2.32. The predicted octanol–water partition coefficient (Wildman–Crippen LogP) is 2.78. The Bertz CT molecular complexity index is 1080. The first-order chi connectivity index (χ1) is 13.7. The van der Waals surface area contributed by atoms with Gasteiger partial charge in [0.2, 0.25) is 15.4 Å². The molecular weight excluding hydrogens is 449 g/mol. The van der Waals surface area contributed by atoms with Crippen molar-refractivity contribution in [3.63, 3.8) is 0 Å². The smallest absolute Gasteiger partial charge is 0.373 e. The van der Waals surface area contributed by atoms with Gasteiger partial charge in [-0.2, -0.15) is 13.2 Å². The number of halogens is 4. The van der Waals surface area contributed by atoms with E-state index in [1.54, 1.807) is 0 Å². The molecule has 0 radical (unpaired) electrons. The van der Waals surface area contributed by atoms with E-state index in [2.05, 4.69) is 5.32 Å². The summed E-state index contributed by atoms with van der Waals surface area (Å²) in [5.41, 5.74) is -3.75. The number of alkyl halides is 3. The van der Waals surface area contributed by atoms with Gasteiger partial charge in [-0.15, -0.1) is 0 Å². The summed E-state index contributed by atoms with van der Waals surface area (Å²) in [7, 11) is -2.65. The van der Waals surface area contributed by atoms with Gasteiger partial charge in [-0.05, 0) is 49.4 Å². The van der Waals surface area contributed by atoms with Crippen molar-refractivity contribution in [1.29, 1.82) is 0 Å². The molecule has 0 aliphatic carbocycles. The van der Waals surface area contributed by atoms with Gasteiger partial charge in [-0.25, -0.2) is 8.42 Å². The molecule has 0 spiro atoms. The molecular formula is C18H16ClF3N2O5S. The predicted molar refractivity (Wildman–Crippen MR) is 102 cm³/mol. The molecule has 0 aliphatic heterocycles. The maximum Gasteiger partial charge on any atom is 0.426 e. The minimum Gasteiger partial charge on any atom is -0.373 e. The van der Waals surface area contributed by atoms with Crippen LogP contribution < -0.4 is 10.6 Å². The Labute approximate surface area is 174 Å². The Hall–Kier alpha value is -2.63. The van der Waals surface area contributed by atoms with Crippen molar-refractivity contribution >= 4 is 38.9 Å². The largest absolute Gasteiger partial charge is 0.426 e. The second-order valence-corrected chi connectivity index (χ2v) is 8.63. The van der Waals surface area contributed by atoms with Crippen molar-refractivity contribution in [3.05, 3.63) is 53.1 Å². The summed E-state index contributed by atoms with van der Waals surface area (Å²) in [6.07, 6.45) is -5.23. The topological polar surface area (TPSA) is 113 Å². The van der Waals surface area contributed by atoms with Crippen LogP contribution >= 0.6 is 11.6 Å². The maximum absolute atomic E-state index is 12.7. The lowest BCUT2D eigenvalue weighted by atomic mass is 10.1. The fourth-order valence-electron chi connectivity index (χ4n) is 2.20. The normalized spacial score (nSPS) is 14.0. The van der Waals surface area contributed by atoms with Gasteiger partial charge in [0, 0.05) is 12.6 Å². The van der Waals surface area contributed by atoms with E-state index in [1.807, 2.05) is 5.32 Å². The summed E-state index contributed by atoms with van der Waals surface area (Å²) in [4.78, 5) is 22.9. The van der Waals surface area contributed by atoms with Crippen LogP contribution in [0.3, 0.4) is 0 Å². The van der Waals surface area contributed by atoms with Crippen LogP contribution in [0.2, 0.25) is 5.02 Å². The van der Waals surface area contributed by atoms with Crippen LogP contribution in [-0.2, 0) is 14.6 Å². The number of benzene rings is 2. The average Bonchev–Trinajstić information content (AvgIpc) is 2.67.